The second-order valence-corrected chi connectivity index (χ2v) is 6.84. The number of nitrogens with zero attached hydrogens (tertiary/aromatic N) is 2. The number of carboxylic acid groups (broad SMARTS) is 1. The molecule has 1 aromatic heterocycles. The first kappa shape index (κ1) is 21.7. The lowest BCUT2D eigenvalue weighted by atomic mass is 9.92. The number of carboxylic acids is 1. The van der Waals surface area contributed by atoms with E-state index >= 15 is 0 Å². The molecule has 0 aromatic carbocycles. The molecule has 7 nitrogen and oxygen atoms in total. The predicted molar refractivity (Wildman–Crippen MR) is 88.4 cm³/mol. The highest BCUT2D eigenvalue weighted by molar-refractivity contribution is 5.84. The van der Waals surface area contributed by atoms with Crippen LogP contribution in [-0.2, 0) is 21.5 Å². The molecule has 0 fully saturated rings. The van der Waals surface area contributed by atoms with Crippen molar-refractivity contribution in [3.8, 4) is 0 Å². The van der Waals surface area contributed by atoms with Crippen molar-refractivity contribution in [3.05, 3.63) is 29.6 Å². The van der Waals surface area contributed by atoms with Crippen LogP contribution in [0.15, 0.2) is 18.2 Å². The Morgan fingerprint density at radius 2 is 1.92 bits per heavy atom. The van der Waals surface area contributed by atoms with Crippen molar-refractivity contribution in [2.75, 3.05) is 13.6 Å². The van der Waals surface area contributed by atoms with E-state index in [1.807, 2.05) is 25.3 Å². The van der Waals surface area contributed by atoms with Gasteiger partial charge in [0.05, 0.1) is 17.9 Å². The van der Waals surface area contributed by atoms with Gasteiger partial charge < -0.3 is 10.0 Å². The van der Waals surface area contributed by atoms with E-state index in [-0.39, 0.29) is 17.4 Å². The first-order chi connectivity index (χ1) is 11.8. The summed E-state index contributed by atoms with van der Waals surface area (Å²) in [5.74, 6) is -2.67. The highest BCUT2D eigenvalue weighted by Crippen LogP contribution is 2.20. The monoisotopic (exact) mass is 376 g/mol. The van der Waals surface area contributed by atoms with Crippen molar-refractivity contribution in [2.24, 2.45) is 0 Å². The molecule has 1 aliphatic heterocycles. The SMILES string of the molecule is CN(Cc1cc(C(C)(C)C)n[nH]1)C(=O)C1C=CCN1.O=C(O)C(F)(F)F. The zero-order chi connectivity index (χ0) is 20.1. The van der Waals surface area contributed by atoms with Crippen LogP contribution in [0.1, 0.15) is 32.2 Å². The van der Waals surface area contributed by atoms with Gasteiger partial charge in [-0.05, 0) is 6.07 Å². The van der Waals surface area contributed by atoms with E-state index < -0.39 is 12.1 Å². The lowest BCUT2D eigenvalue weighted by molar-refractivity contribution is -0.192. The van der Waals surface area contributed by atoms with Crippen molar-refractivity contribution in [3.63, 3.8) is 0 Å². The van der Waals surface area contributed by atoms with Gasteiger partial charge in [0, 0.05) is 19.0 Å². The molecule has 1 atom stereocenters. The Labute approximate surface area is 149 Å². The Morgan fingerprint density at radius 1 is 1.35 bits per heavy atom. The molecule has 0 saturated carbocycles. The number of carbonyl (C=O) groups is 2. The van der Waals surface area contributed by atoms with Crippen LogP contribution in [-0.4, -0.2) is 57.9 Å². The standard InChI is InChI=1S/C14H22N4O.C2HF3O2/c1-14(2,3)12-8-10(16-17-12)9-18(4)13(19)11-6-5-7-15-11;3-2(4,5)1(6)7/h5-6,8,11,15H,7,9H2,1-4H3,(H,16,17);(H,6,7). The van der Waals surface area contributed by atoms with E-state index in [1.165, 1.54) is 0 Å². The molecular weight excluding hydrogens is 353 g/mol. The van der Waals surface area contributed by atoms with E-state index in [0.29, 0.717) is 6.54 Å². The van der Waals surface area contributed by atoms with Crippen molar-refractivity contribution in [1.82, 2.24) is 20.4 Å². The first-order valence-corrected chi connectivity index (χ1v) is 7.82. The van der Waals surface area contributed by atoms with Gasteiger partial charge >= 0.3 is 12.1 Å². The number of carbonyl (C=O) groups excluding carboxylic acids is 1. The molecule has 1 aromatic rings. The van der Waals surface area contributed by atoms with Gasteiger partial charge in [-0.2, -0.15) is 18.3 Å². The number of alkyl halides is 3. The van der Waals surface area contributed by atoms with E-state index in [0.717, 1.165) is 17.9 Å². The molecule has 3 N–H and O–H groups in total. The summed E-state index contributed by atoms with van der Waals surface area (Å²) in [4.78, 5) is 22.7. The summed E-state index contributed by atoms with van der Waals surface area (Å²) < 4.78 is 31.7. The van der Waals surface area contributed by atoms with Crippen LogP contribution in [0.2, 0.25) is 0 Å². The van der Waals surface area contributed by atoms with Gasteiger partial charge in [-0.3, -0.25) is 15.2 Å². The molecule has 0 saturated heterocycles. The number of H-pyrrole nitrogens is 1. The van der Waals surface area contributed by atoms with Crippen molar-refractivity contribution in [1.29, 1.82) is 0 Å². The molecule has 2 rings (SSSR count). The molecule has 0 radical (unpaired) electrons. The maximum absolute atomic E-state index is 12.1. The maximum Gasteiger partial charge on any atom is 0.490 e. The largest absolute Gasteiger partial charge is 0.490 e. The number of hydrogen-bond acceptors (Lipinski definition) is 4. The Hall–Kier alpha value is -2.36. The summed E-state index contributed by atoms with van der Waals surface area (Å²) in [5.41, 5.74) is 2.00. The van der Waals surface area contributed by atoms with Gasteiger partial charge in [0.15, 0.2) is 0 Å². The van der Waals surface area contributed by atoms with Crippen molar-refractivity contribution < 1.29 is 27.9 Å². The van der Waals surface area contributed by atoms with E-state index in [9.17, 15) is 18.0 Å². The number of hydrogen-bond donors (Lipinski definition) is 3. The number of aliphatic carboxylic acids is 1. The number of halogens is 3. The molecule has 26 heavy (non-hydrogen) atoms. The Morgan fingerprint density at radius 3 is 2.31 bits per heavy atom. The minimum Gasteiger partial charge on any atom is -0.475 e. The van der Waals surface area contributed by atoms with E-state index in [1.54, 1.807) is 4.90 Å². The second-order valence-electron chi connectivity index (χ2n) is 6.84. The summed E-state index contributed by atoms with van der Waals surface area (Å²) >= 11 is 0. The molecule has 0 bridgehead atoms. The Bertz CT molecular complexity index is 662. The predicted octanol–water partition coefficient (Wildman–Crippen LogP) is 1.83. The molecule has 10 heteroatoms. The first-order valence-electron chi connectivity index (χ1n) is 7.82. The highest BCUT2D eigenvalue weighted by atomic mass is 19.4. The third-order valence-electron chi connectivity index (χ3n) is 3.48. The van der Waals surface area contributed by atoms with Gasteiger partial charge in [0.1, 0.15) is 6.04 Å². The van der Waals surface area contributed by atoms with Crippen LogP contribution in [0.4, 0.5) is 13.2 Å². The fraction of sp³-hybridized carbons (Fsp3) is 0.562. The van der Waals surface area contributed by atoms with Gasteiger partial charge in [-0.1, -0.05) is 32.9 Å². The summed E-state index contributed by atoms with van der Waals surface area (Å²) in [5, 5.41) is 17.6. The molecule has 1 amide bonds. The van der Waals surface area contributed by atoms with Crippen LogP contribution in [0.3, 0.4) is 0 Å². The number of likely N-dealkylation sites (N-methyl/N-ethyl adjacent to an activating group) is 1. The average Bonchev–Trinajstić information content (AvgIpc) is 3.16. The van der Waals surface area contributed by atoms with E-state index in [4.69, 9.17) is 9.90 Å². The van der Waals surface area contributed by atoms with Gasteiger partial charge in [0.25, 0.3) is 0 Å². The normalized spacial score (nSPS) is 16.8. The van der Waals surface area contributed by atoms with Crippen LogP contribution in [0.5, 0.6) is 0 Å². The lowest BCUT2D eigenvalue weighted by Gasteiger charge is -2.19. The smallest absolute Gasteiger partial charge is 0.475 e. The summed E-state index contributed by atoms with van der Waals surface area (Å²) in [6, 6.07) is 1.84. The maximum atomic E-state index is 12.1. The van der Waals surface area contributed by atoms with Crippen LogP contribution in [0.25, 0.3) is 0 Å². The summed E-state index contributed by atoms with van der Waals surface area (Å²) in [6.45, 7) is 7.68. The Kier molecular flexibility index (Phi) is 6.96. The third-order valence-corrected chi connectivity index (χ3v) is 3.48. The third kappa shape index (κ3) is 6.51. The number of rotatable bonds is 3. The average molecular weight is 376 g/mol. The number of nitrogens with one attached hydrogen (secondary N) is 2. The fourth-order valence-corrected chi connectivity index (χ4v) is 2.03. The molecular formula is C16H23F3N4O3. The molecule has 146 valence electrons. The summed E-state index contributed by atoms with van der Waals surface area (Å²) in [7, 11) is 1.81. The number of aromatic amines is 1. The lowest BCUT2D eigenvalue weighted by Crippen LogP contribution is -2.41. The van der Waals surface area contributed by atoms with Crippen molar-refractivity contribution in [2.45, 2.75) is 44.9 Å². The molecule has 2 heterocycles. The second kappa shape index (κ2) is 8.35. The minimum atomic E-state index is -5.08. The van der Waals surface area contributed by atoms with Crippen molar-refractivity contribution >= 4 is 11.9 Å². The van der Waals surface area contributed by atoms with Gasteiger partial charge in [0.2, 0.25) is 5.91 Å². The summed E-state index contributed by atoms with van der Waals surface area (Å²) in [6.07, 6.45) is -1.20. The van der Waals surface area contributed by atoms with Crippen LogP contribution >= 0.6 is 0 Å². The zero-order valence-corrected chi connectivity index (χ0v) is 15.0. The zero-order valence-electron chi connectivity index (χ0n) is 15.0. The molecule has 0 spiro atoms. The van der Waals surface area contributed by atoms with Gasteiger partial charge in [-0.25, -0.2) is 4.79 Å². The quantitative estimate of drug-likeness (QED) is 0.699. The number of aromatic nitrogens is 2. The molecule has 1 unspecified atom stereocenters. The molecule has 0 aliphatic carbocycles. The topological polar surface area (TPSA) is 98.3 Å². The highest BCUT2D eigenvalue weighted by Gasteiger charge is 2.38. The van der Waals surface area contributed by atoms with Crippen LogP contribution in [0, 0.1) is 0 Å². The Balaban J connectivity index is 0.000000412. The van der Waals surface area contributed by atoms with Crippen LogP contribution < -0.4 is 5.32 Å². The number of amides is 1. The van der Waals surface area contributed by atoms with E-state index in [2.05, 4.69) is 36.3 Å². The molecule has 1 aliphatic rings. The fourth-order valence-electron chi connectivity index (χ4n) is 2.03. The minimum absolute atomic E-state index is 0.0209. The van der Waals surface area contributed by atoms with Gasteiger partial charge in [-0.15, -0.1) is 0 Å².